The summed E-state index contributed by atoms with van der Waals surface area (Å²) in [7, 11) is 0. The van der Waals surface area contributed by atoms with E-state index >= 15 is 0 Å². The van der Waals surface area contributed by atoms with Gasteiger partial charge < -0.3 is 15.5 Å². The Morgan fingerprint density at radius 2 is 1.70 bits per heavy atom. The molecule has 1 aromatic rings. The third-order valence-electron chi connectivity index (χ3n) is 4.88. The van der Waals surface area contributed by atoms with Gasteiger partial charge in [0.05, 0.1) is 0 Å². The molecule has 1 aromatic carbocycles. The quantitative estimate of drug-likeness (QED) is 0.914. The minimum atomic E-state index is 0.643. The maximum Gasteiger partial charge on any atom is 0.0411 e. The molecule has 110 valence electrons. The average Bonchev–Trinajstić information content (AvgIpc) is 3.01. The van der Waals surface area contributed by atoms with Crippen molar-refractivity contribution in [3.63, 3.8) is 0 Å². The SMILES string of the molecule is NCc1ccccc1N1CCC(CN2CCCC2)CC1. The number of hydrogen-bond donors (Lipinski definition) is 1. The van der Waals surface area contributed by atoms with Crippen LogP contribution in [0.2, 0.25) is 0 Å². The van der Waals surface area contributed by atoms with Gasteiger partial charge in [-0.05, 0) is 56.3 Å². The molecule has 0 atom stereocenters. The minimum absolute atomic E-state index is 0.643. The Balaban J connectivity index is 1.55. The topological polar surface area (TPSA) is 32.5 Å². The van der Waals surface area contributed by atoms with E-state index in [2.05, 4.69) is 34.1 Å². The maximum absolute atomic E-state index is 5.86. The van der Waals surface area contributed by atoms with Gasteiger partial charge in [-0.1, -0.05) is 18.2 Å². The Kier molecular flexibility index (Phi) is 4.58. The first-order chi connectivity index (χ1) is 9.86. The number of rotatable bonds is 4. The predicted octanol–water partition coefficient (Wildman–Crippen LogP) is 2.46. The average molecular weight is 273 g/mol. The lowest BCUT2D eigenvalue weighted by Crippen LogP contribution is -2.38. The molecular formula is C17H27N3. The maximum atomic E-state index is 5.86. The smallest absolute Gasteiger partial charge is 0.0411 e. The van der Waals surface area contributed by atoms with E-state index in [-0.39, 0.29) is 0 Å². The monoisotopic (exact) mass is 273 g/mol. The van der Waals surface area contributed by atoms with Crippen molar-refractivity contribution < 1.29 is 0 Å². The lowest BCUT2D eigenvalue weighted by atomic mass is 9.95. The van der Waals surface area contributed by atoms with E-state index < -0.39 is 0 Å². The Bertz CT molecular complexity index is 418. The van der Waals surface area contributed by atoms with Crippen LogP contribution < -0.4 is 10.6 Å². The van der Waals surface area contributed by atoms with E-state index in [1.807, 2.05) is 0 Å². The van der Waals surface area contributed by atoms with Gasteiger partial charge in [-0.2, -0.15) is 0 Å². The van der Waals surface area contributed by atoms with Gasteiger partial charge in [0.1, 0.15) is 0 Å². The molecule has 0 unspecified atom stereocenters. The second-order valence-corrected chi connectivity index (χ2v) is 6.27. The van der Waals surface area contributed by atoms with Gasteiger partial charge in [-0.15, -0.1) is 0 Å². The van der Waals surface area contributed by atoms with Crippen molar-refractivity contribution >= 4 is 5.69 Å². The molecule has 0 aromatic heterocycles. The van der Waals surface area contributed by atoms with Crippen molar-refractivity contribution in [1.29, 1.82) is 0 Å². The molecule has 20 heavy (non-hydrogen) atoms. The standard InChI is InChI=1S/C17H27N3/c18-13-16-5-1-2-6-17(16)20-11-7-15(8-12-20)14-19-9-3-4-10-19/h1-2,5-6,15H,3-4,7-14,18H2. The van der Waals surface area contributed by atoms with Crippen LogP contribution in [0, 0.1) is 5.92 Å². The summed E-state index contributed by atoms with van der Waals surface area (Å²) in [5, 5.41) is 0. The van der Waals surface area contributed by atoms with Crippen LogP contribution >= 0.6 is 0 Å². The van der Waals surface area contributed by atoms with Gasteiger partial charge in [-0.3, -0.25) is 0 Å². The molecule has 0 radical (unpaired) electrons. The minimum Gasteiger partial charge on any atom is -0.371 e. The van der Waals surface area contributed by atoms with Gasteiger partial charge >= 0.3 is 0 Å². The molecule has 2 aliphatic heterocycles. The Morgan fingerprint density at radius 1 is 1.00 bits per heavy atom. The number of likely N-dealkylation sites (tertiary alicyclic amines) is 1. The van der Waals surface area contributed by atoms with Crippen molar-refractivity contribution in [3.05, 3.63) is 29.8 Å². The number of piperidine rings is 1. The van der Waals surface area contributed by atoms with Crippen LogP contribution in [-0.4, -0.2) is 37.6 Å². The van der Waals surface area contributed by atoms with Crippen molar-refractivity contribution in [3.8, 4) is 0 Å². The lowest BCUT2D eigenvalue weighted by Gasteiger charge is -2.36. The van der Waals surface area contributed by atoms with E-state index in [0.29, 0.717) is 6.54 Å². The van der Waals surface area contributed by atoms with Crippen LogP contribution in [0.25, 0.3) is 0 Å². The fourth-order valence-electron chi connectivity index (χ4n) is 3.68. The molecule has 3 nitrogen and oxygen atoms in total. The van der Waals surface area contributed by atoms with E-state index in [0.717, 1.165) is 5.92 Å². The zero-order valence-electron chi connectivity index (χ0n) is 12.4. The molecule has 0 bridgehead atoms. The van der Waals surface area contributed by atoms with Crippen LogP contribution in [0.3, 0.4) is 0 Å². The highest BCUT2D eigenvalue weighted by molar-refractivity contribution is 5.53. The number of para-hydroxylation sites is 1. The molecule has 0 aliphatic carbocycles. The predicted molar refractivity (Wildman–Crippen MR) is 84.9 cm³/mol. The number of nitrogens with zero attached hydrogens (tertiary/aromatic N) is 2. The summed E-state index contributed by atoms with van der Waals surface area (Å²) < 4.78 is 0. The molecule has 2 N–H and O–H groups in total. The summed E-state index contributed by atoms with van der Waals surface area (Å²) >= 11 is 0. The second kappa shape index (κ2) is 6.59. The highest BCUT2D eigenvalue weighted by atomic mass is 15.2. The van der Waals surface area contributed by atoms with E-state index in [4.69, 9.17) is 5.73 Å². The number of nitrogens with two attached hydrogens (primary N) is 1. The fraction of sp³-hybridized carbons (Fsp3) is 0.647. The van der Waals surface area contributed by atoms with Gasteiger partial charge in [0, 0.05) is 31.9 Å². The largest absolute Gasteiger partial charge is 0.371 e. The number of anilines is 1. The zero-order chi connectivity index (χ0) is 13.8. The third kappa shape index (κ3) is 3.15. The first kappa shape index (κ1) is 13.9. The van der Waals surface area contributed by atoms with Crippen LogP contribution in [0.5, 0.6) is 0 Å². The van der Waals surface area contributed by atoms with E-state index in [9.17, 15) is 0 Å². The molecule has 2 saturated heterocycles. The normalized spacial score (nSPS) is 21.6. The molecule has 3 heteroatoms. The van der Waals surface area contributed by atoms with Crippen molar-refractivity contribution in [2.45, 2.75) is 32.2 Å². The number of benzene rings is 1. The Morgan fingerprint density at radius 3 is 2.40 bits per heavy atom. The molecule has 2 heterocycles. The van der Waals surface area contributed by atoms with Crippen LogP contribution in [0.15, 0.2) is 24.3 Å². The van der Waals surface area contributed by atoms with E-state index in [1.54, 1.807) is 0 Å². The van der Waals surface area contributed by atoms with Crippen molar-refractivity contribution in [2.75, 3.05) is 37.6 Å². The van der Waals surface area contributed by atoms with Gasteiger partial charge in [0.15, 0.2) is 0 Å². The summed E-state index contributed by atoms with van der Waals surface area (Å²) in [5.74, 6) is 0.898. The first-order valence-corrected chi connectivity index (χ1v) is 8.12. The molecular weight excluding hydrogens is 246 g/mol. The first-order valence-electron chi connectivity index (χ1n) is 8.12. The third-order valence-corrected chi connectivity index (χ3v) is 4.88. The summed E-state index contributed by atoms with van der Waals surface area (Å²) in [6, 6.07) is 8.60. The molecule has 0 spiro atoms. The highest BCUT2D eigenvalue weighted by Gasteiger charge is 2.23. The summed E-state index contributed by atoms with van der Waals surface area (Å²) in [4.78, 5) is 5.19. The van der Waals surface area contributed by atoms with E-state index in [1.165, 1.54) is 69.7 Å². The van der Waals surface area contributed by atoms with Gasteiger partial charge in [0.25, 0.3) is 0 Å². The molecule has 0 amide bonds. The van der Waals surface area contributed by atoms with Gasteiger partial charge in [0.2, 0.25) is 0 Å². The fourth-order valence-corrected chi connectivity index (χ4v) is 3.68. The van der Waals surface area contributed by atoms with Crippen LogP contribution in [0.1, 0.15) is 31.2 Å². The van der Waals surface area contributed by atoms with Crippen molar-refractivity contribution in [1.82, 2.24) is 4.90 Å². The molecule has 2 aliphatic rings. The molecule has 0 saturated carbocycles. The number of hydrogen-bond acceptors (Lipinski definition) is 3. The van der Waals surface area contributed by atoms with Crippen LogP contribution in [-0.2, 0) is 6.54 Å². The molecule has 3 rings (SSSR count). The highest BCUT2D eigenvalue weighted by Crippen LogP contribution is 2.27. The summed E-state index contributed by atoms with van der Waals surface area (Å²) in [6.07, 6.45) is 5.47. The van der Waals surface area contributed by atoms with Crippen LogP contribution in [0.4, 0.5) is 5.69 Å². The molecule has 2 fully saturated rings. The van der Waals surface area contributed by atoms with Gasteiger partial charge in [-0.25, -0.2) is 0 Å². The summed E-state index contributed by atoms with van der Waals surface area (Å²) in [5.41, 5.74) is 8.50. The Labute approximate surface area is 122 Å². The zero-order valence-corrected chi connectivity index (χ0v) is 12.4. The summed E-state index contributed by atoms with van der Waals surface area (Å²) in [6.45, 7) is 7.01. The van der Waals surface area contributed by atoms with Crippen molar-refractivity contribution in [2.24, 2.45) is 11.7 Å². The second-order valence-electron chi connectivity index (χ2n) is 6.27. The lowest BCUT2D eigenvalue weighted by molar-refractivity contribution is 0.249. The Hall–Kier alpha value is -1.06.